The molecule has 2 saturated heterocycles. The number of anilines is 1. The van der Waals surface area contributed by atoms with Crippen LogP contribution in [0.1, 0.15) is 42.9 Å². The van der Waals surface area contributed by atoms with Crippen molar-refractivity contribution in [3.63, 3.8) is 0 Å². The van der Waals surface area contributed by atoms with Gasteiger partial charge in [-0.3, -0.25) is 9.59 Å². The van der Waals surface area contributed by atoms with Crippen LogP contribution in [0, 0.1) is 17.8 Å². The van der Waals surface area contributed by atoms with Gasteiger partial charge in [-0.2, -0.15) is 26.3 Å². The van der Waals surface area contributed by atoms with Gasteiger partial charge >= 0.3 is 19.5 Å². The molecule has 7 nitrogen and oxygen atoms in total. The number of phenolic OH excluding ortho intramolecular Hbond substituents is 1. The van der Waals surface area contributed by atoms with Crippen LogP contribution in [0.4, 0.5) is 32.0 Å². The summed E-state index contributed by atoms with van der Waals surface area (Å²) < 4.78 is 94.4. The molecule has 3 aromatic rings. The number of ether oxygens (including phenoxy) is 1. The highest BCUT2D eigenvalue weighted by Crippen LogP contribution is 2.52. The highest BCUT2D eigenvalue weighted by atomic mass is 19.4. The minimum atomic E-state index is -5.18. The molecule has 0 spiro atoms. The van der Waals surface area contributed by atoms with E-state index in [9.17, 15) is 46.1 Å². The van der Waals surface area contributed by atoms with Crippen molar-refractivity contribution in [3.05, 3.63) is 106 Å². The molecule has 14 heteroatoms. The number of amides is 2. The molecule has 50 heavy (non-hydrogen) atoms. The van der Waals surface area contributed by atoms with E-state index in [1.807, 2.05) is 19.1 Å². The monoisotopic (exact) mass is 699 g/mol. The van der Waals surface area contributed by atoms with Crippen molar-refractivity contribution >= 4 is 30.7 Å². The zero-order chi connectivity index (χ0) is 36.0. The fourth-order valence-corrected chi connectivity index (χ4v) is 7.24. The van der Waals surface area contributed by atoms with E-state index in [1.165, 1.54) is 0 Å². The number of carbonyl (C=O) groups excluding carboxylic acids is 2. The lowest BCUT2D eigenvalue weighted by Crippen LogP contribution is -2.46. The van der Waals surface area contributed by atoms with Crippen molar-refractivity contribution in [2.24, 2.45) is 17.8 Å². The van der Waals surface area contributed by atoms with Gasteiger partial charge in [-0.25, -0.2) is 4.90 Å². The molecule has 4 atom stereocenters. The van der Waals surface area contributed by atoms with E-state index in [4.69, 9.17) is 9.39 Å². The maximum atomic E-state index is 14.1. The summed E-state index contributed by atoms with van der Waals surface area (Å²) in [4.78, 5) is 28.4. The van der Waals surface area contributed by atoms with E-state index in [-0.39, 0.29) is 31.2 Å². The Kier molecular flexibility index (Phi) is 9.62. The fraction of sp³-hybridized carbons (Fsp3) is 0.333. The third-order valence-electron chi connectivity index (χ3n) is 9.38. The van der Waals surface area contributed by atoms with Crippen molar-refractivity contribution in [1.82, 2.24) is 0 Å². The van der Waals surface area contributed by atoms with Gasteiger partial charge in [0, 0.05) is 0 Å². The number of fused-ring (bicyclic) bond motifs is 3. The summed E-state index contributed by atoms with van der Waals surface area (Å²) in [6.07, 6.45) is -8.60. The first-order valence-electron chi connectivity index (χ1n) is 16.0. The smallest absolute Gasteiger partial charge is 0.455 e. The van der Waals surface area contributed by atoms with Gasteiger partial charge in [-0.1, -0.05) is 42.0 Å². The predicted octanol–water partition coefficient (Wildman–Crippen LogP) is 7.69. The van der Waals surface area contributed by atoms with E-state index < -0.39 is 72.0 Å². The lowest BCUT2D eigenvalue weighted by Gasteiger charge is -2.43. The number of alkyl halides is 6. The number of hydrogen-bond acceptors (Lipinski definition) is 6. The second-order valence-electron chi connectivity index (χ2n) is 12.8. The normalized spacial score (nSPS) is 22.9. The number of nitrogens with zero attached hydrogens (tertiary/aromatic N) is 1. The minimum Gasteiger partial charge on any atom is -0.508 e. The second kappa shape index (κ2) is 13.6. The molecule has 0 aromatic heterocycles. The minimum absolute atomic E-state index is 0.0314. The van der Waals surface area contributed by atoms with Crippen LogP contribution in [0.3, 0.4) is 0 Å². The van der Waals surface area contributed by atoms with Crippen LogP contribution in [0.5, 0.6) is 11.5 Å². The standard InChI is InChI=1S/C36H32BF6NO6/c1-20(12-21-6-5-7-26(45)13-21)10-11-30-31-22(19-49-27-8-3-2-4-9-27)14-28-32(29(31)18-37(48)50-30)34(47)44(33(28)46)25-16-23(35(38,39)40)15-24(17-25)36(41,42)43/h2-9,12-13,15-17,28-30,32,45,48H,10-11,14,18-19H2,1H3/b20-12+/t28-,29+,30-,32-/m1/s1. The summed E-state index contributed by atoms with van der Waals surface area (Å²) in [5, 5.41) is 20.7. The van der Waals surface area contributed by atoms with Crippen LogP contribution < -0.4 is 9.64 Å². The largest absolute Gasteiger partial charge is 0.508 e. The molecule has 0 saturated carbocycles. The van der Waals surface area contributed by atoms with E-state index >= 15 is 0 Å². The van der Waals surface area contributed by atoms with Gasteiger partial charge in [0.2, 0.25) is 11.8 Å². The van der Waals surface area contributed by atoms with Crippen LogP contribution in [0.15, 0.2) is 89.5 Å². The summed E-state index contributed by atoms with van der Waals surface area (Å²) in [5.41, 5.74) is -1.21. The molecule has 3 aromatic carbocycles. The molecule has 2 heterocycles. The van der Waals surface area contributed by atoms with Gasteiger partial charge in [0.05, 0.1) is 34.8 Å². The van der Waals surface area contributed by atoms with E-state index in [1.54, 1.807) is 48.5 Å². The molecular weight excluding hydrogens is 667 g/mol. The molecule has 0 radical (unpaired) electrons. The number of rotatable bonds is 8. The average Bonchev–Trinajstić information content (AvgIpc) is 3.30. The number of phenols is 1. The third kappa shape index (κ3) is 7.31. The van der Waals surface area contributed by atoms with Gasteiger partial charge in [-0.05, 0) is 97.6 Å². The number of aromatic hydroxyl groups is 1. The van der Waals surface area contributed by atoms with Crippen LogP contribution >= 0.6 is 0 Å². The lowest BCUT2D eigenvalue weighted by molar-refractivity contribution is -0.143. The highest BCUT2D eigenvalue weighted by molar-refractivity contribution is 6.43. The van der Waals surface area contributed by atoms with Crippen LogP contribution in [-0.2, 0) is 26.6 Å². The molecule has 262 valence electrons. The van der Waals surface area contributed by atoms with Gasteiger partial charge in [0.1, 0.15) is 18.1 Å². The maximum absolute atomic E-state index is 14.1. The summed E-state index contributed by atoms with van der Waals surface area (Å²) in [6.45, 7) is 1.85. The number of carbonyl (C=O) groups is 2. The third-order valence-corrected chi connectivity index (χ3v) is 9.38. The molecule has 2 aliphatic heterocycles. The van der Waals surface area contributed by atoms with Gasteiger partial charge in [-0.15, -0.1) is 0 Å². The van der Waals surface area contributed by atoms with Crippen molar-refractivity contribution in [2.75, 3.05) is 11.5 Å². The maximum Gasteiger partial charge on any atom is 0.455 e. The van der Waals surface area contributed by atoms with Crippen molar-refractivity contribution in [3.8, 4) is 11.5 Å². The van der Waals surface area contributed by atoms with Gasteiger partial charge < -0.3 is 19.5 Å². The summed E-state index contributed by atoms with van der Waals surface area (Å²) >= 11 is 0. The summed E-state index contributed by atoms with van der Waals surface area (Å²) in [5.74, 6) is -4.34. The quantitative estimate of drug-likeness (QED) is 0.108. The van der Waals surface area contributed by atoms with Crippen LogP contribution in [0.25, 0.3) is 6.08 Å². The topological polar surface area (TPSA) is 96.3 Å². The number of halogens is 6. The van der Waals surface area contributed by atoms with Crippen LogP contribution in [-0.4, -0.2) is 41.8 Å². The molecular formula is C36H32BF6NO6. The Labute approximate surface area is 284 Å². The molecule has 2 fully saturated rings. The molecule has 1 aliphatic carbocycles. The first-order chi connectivity index (χ1) is 23.6. The molecule has 3 aliphatic rings. The van der Waals surface area contributed by atoms with Gasteiger partial charge in [0.15, 0.2) is 0 Å². The van der Waals surface area contributed by atoms with Crippen molar-refractivity contribution < 1.29 is 55.5 Å². The molecule has 0 unspecified atom stereocenters. The molecule has 6 rings (SSSR count). The lowest BCUT2D eigenvalue weighted by atomic mass is 9.58. The van der Waals surface area contributed by atoms with E-state index in [0.29, 0.717) is 46.8 Å². The second-order valence-corrected chi connectivity index (χ2v) is 12.8. The summed E-state index contributed by atoms with van der Waals surface area (Å²) in [6, 6.07) is 16.1. The molecule has 2 N–H and O–H groups in total. The Morgan fingerprint density at radius 2 is 1.62 bits per heavy atom. The average molecular weight is 699 g/mol. The highest BCUT2D eigenvalue weighted by Gasteiger charge is 2.58. The SMILES string of the molecule is C/C(=C\c1cccc(O)c1)CC[C@H]1OB(O)C[C@H]2C1=C(COc1ccccc1)C[C@H]1C(=O)N(c3cc(C(F)(F)F)cc(C(F)(F)F)c3)C(=O)[C@H]12. The number of hydrogen-bond donors (Lipinski definition) is 2. The molecule has 2 amide bonds. The van der Waals surface area contributed by atoms with E-state index in [0.717, 1.165) is 11.1 Å². The summed E-state index contributed by atoms with van der Waals surface area (Å²) in [7, 11) is -1.36. The van der Waals surface area contributed by atoms with Gasteiger partial charge in [0.25, 0.3) is 0 Å². The number of imide groups is 1. The zero-order valence-corrected chi connectivity index (χ0v) is 26.7. The predicted molar refractivity (Wildman–Crippen MR) is 172 cm³/mol. The molecule has 0 bridgehead atoms. The Bertz CT molecular complexity index is 1810. The zero-order valence-electron chi connectivity index (χ0n) is 26.7. The first kappa shape index (κ1) is 35.3. The van der Waals surface area contributed by atoms with E-state index in [2.05, 4.69) is 0 Å². The fourth-order valence-electron chi connectivity index (χ4n) is 7.24. The number of para-hydroxylation sites is 1. The van der Waals surface area contributed by atoms with Crippen LogP contribution in [0.2, 0.25) is 6.32 Å². The Morgan fingerprint density at radius 3 is 2.26 bits per heavy atom. The van der Waals surface area contributed by atoms with Crippen molar-refractivity contribution in [1.29, 1.82) is 0 Å². The Hall–Kier alpha value is -4.56. The number of benzene rings is 3. The number of allylic oxidation sites excluding steroid dienone is 1. The first-order valence-corrected chi connectivity index (χ1v) is 16.0. The van der Waals surface area contributed by atoms with Crippen molar-refractivity contribution in [2.45, 2.75) is 51.0 Å². The Morgan fingerprint density at radius 1 is 0.940 bits per heavy atom. The Balaban J connectivity index is 1.36.